The Morgan fingerprint density at radius 1 is 1.13 bits per heavy atom. The lowest BCUT2D eigenvalue weighted by Gasteiger charge is -2.33. The summed E-state index contributed by atoms with van der Waals surface area (Å²) in [5, 5.41) is 6.19. The molecule has 176 valence electrons. The van der Waals surface area contributed by atoms with Gasteiger partial charge >= 0.3 is 12.2 Å². The number of guanidine groups is 1. The van der Waals surface area contributed by atoms with E-state index in [1.807, 2.05) is 34.6 Å². The Bertz CT molecular complexity index is 568. The monoisotopic (exact) mass is 541 g/mol. The molecule has 1 heterocycles. The van der Waals surface area contributed by atoms with Crippen LogP contribution in [0.4, 0.5) is 9.59 Å². The van der Waals surface area contributed by atoms with Crippen LogP contribution in [0.2, 0.25) is 0 Å². The van der Waals surface area contributed by atoms with E-state index in [2.05, 4.69) is 15.6 Å². The van der Waals surface area contributed by atoms with Gasteiger partial charge in [-0.2, -0.15) is 0 Å². The molecule has 1 aliphatic heterocycles. The number of ether oxygens (including phenoxy) is 2. The van der Waals surface area contributed by atoms with Crippen molar-refractivity contribution in [1.82, 2.24) is 15.5 Å². The molecule has 1 fully saturated rings. The summed E-state index contributed by atoms with van der Waals surface area (Å²) in [7, 11) is 0. The third kappa shape index (κ3) is 10.0. The van der Waals surface area contributed by atoms with Crippen molar-refractivity contribution in [2.45, 2.75) is 84.4 Å². The van der Waals surface area contributed by atoms with E-state index in [0.717, 1.165) is 12.8 Å². The number of rotatable bonds is 7. The van der Waals surface area contributed by atoms with Crippen molar-refractivity contribution < 1.29 is 19.1 Å². The molecule has 4 N–H and O–H groups in total. The van der Waals surface area contributed by atoms with Crippen molar-refractivity contribution in [3.8, 4) is 0 Å². The molecule has 0 aromatic carbocycles. The van der Waals surface area contributed by atoms with Gasteiger partial charge in [0.1, 0.15) is 5.60 Å². The van der Waals surface area contributed by atoms with Crippen molar-refractivity contribution in [3.05, 3.63) is 0 Å². The number of nitrogens with zero attached hydrogens (tertiary/aromatic N) is 2. The van der Waals surface area contributed by atoms with Crippen LogP contribution in [0.1, 0.15) is 67.2 Å². The van der Waals surface area contributed by atoms with Crippen LogP contribution in [-0.2, 0) is 9.47 Å². The molecule has 9 nitrogen and oxygen atoms in total. The number of halogens is 1. The van der Waals surface area contributed by atoms with E-state index in [1.54, 1.807) is 11.8 Å². The lowest BCUT2D eigenvalue weighted by molar-refractivity contribution is 0.0451. The molecule has 0 unspecified atom stereocenters. The minimum absolute atomic E-state index is 0. The fourth-order valence-electron chi connectivity index (χ4n) is 3.12. The van der Waals surface area contributed by atoms with Gasteiger partial charge < -0.3 is 30.7 Å². The van der Waals surface area contributed by atoms with Crippen molar-refractivity contribution in [2.24, 2.45) is 10.7 Å². The standard InChI is InChI=1S/C20H39N5O4.HI/c1-7-20(8-2,24-17(26)29-19(4,5)6)14-22-16(21)23-15-10-12-25(13-11-15)18(27)28-9-3;/h15H,7-14H2,1-6H3,(H,24,26)(H3,21,22,23);1H. The fraction of sp³-hybridized carbons (Fsp3) is 0.850. The van der Waals surface area contributed by atoms with Crippen LogP contribution in [0.25, 0.3) is 0 Å². The maximum atomic E-state index is 12.2. The highest BCUT2D eigenvalue weighted by Gasteiger charge is 2.30. The number of amides is 2. The first kappa shape index (κ1) is 28.5. The van der Waals surface area contributed by atoms with Gasteiger partial charge in [0, 0.05) is 19.1 Å². The second kappa shape index (κ2) is 13.1. The molecule has 10 heteroatoms. The highest BCUT2D eigenvalue weighted by molar-refractivity contribution is 14.0. The van der Waals surface area contributed by atoms with Gasteiger partial charge in [-0.05, 0) is 53.4 Å². The third-order valence-electron chi connectivity index (χ3n) is 5.04. The first-order chi connectivity index (χ1) is 13.5. The van der Waals surface area contributed by atoms with Gasteiger partial charge in [-0.1, -0.05) is 13.8 Å². The molecule has 1 saturated heterocycles. The van der Waals surface area contributed by atoms with Crippen LogP contribution in [0.15, 0.2) is 4.99 Å². The molecule has 0 radical (unpaired) electrons. The second-order valence-corrected chi connectivity index (χ2v) is 8.42. The van der Waals surface area contributed by atoms with Gasteiger partial charge in [-0.3, -0.25) is 4.99 Å². The van der Waals surface area contributed by atoms with E-state index in [4.69, 9.17) is 15.2 Å². The maximum Gasteiger partial charge on any atom is 0.409 e. The van der Waals surface area contributed by atoms with E-state index in [1.165, 1.54) is 0 Å². The molecule has 0 saturated carbocycles. The molecule has 30 heavy (non-hydrogen) atoms. The zero-order valence-corrected chi connectivity index (χ0v) is 21.6. The molecule has 1 rings (SSSR count). The van der Waals surface area contributed by atoms with Crippen LogP contribution in [0, 0.1) is 0 Å². The summed E-state index contributed by atoms with van der Waals surface area (Å²) in [6.45, 7) is 13.3. The van der Waals surface area contributed by atoms with Crippen LogP contribution in [-0.4, -0.2) is 66.5 Å². The Balaban J connectivity index is 0.00000841. The van der Waals surface area contributed by atoms with Crippen LogP contribution < -0.4 is 16.4 Å². The van der Waals surface area contributed by atoms with Gasteiger partial charge in [0.05, 0.1) is 18.7 Å². The normalized spacial score (nSPS) is 15.8. The highest BCUT2D eigenvalue weighted by atomic mass is 127. The number of aliphatic imine (C=N–C) groups is 1. The van der Waals surface area contributed by atoms with E-state index in [9.17, 15) is 9.59 Å². The van der Waals surface area contributed by atoms with Gasteiger partial charge in [-0.25, -0.2) is 9.59 Å². The van der Waals surface area contributed by atoms with Crippen LogP contribution in [0.5, 0.6) is 0 Å². The number of hydrogen-bond donors (Lipinski definition) is 3. The summed E-state index contributed by atoms with van der Waals surface area (Å²) in [5.74, 6) is 0.344. The Morgan fingerprint density at radius 2 is 1.70 bits per heavy atom. The molecule has 0 aromatic rings. The molecular weight excluding hydrogens is 501 g/mol. The quantitative estimate of drug-likeness (QED) is 0.259. The van der Waals surface area contributed by atoms with E-state index < -0.39 is 17.2 Å². The zero-order valence-electron chi connectivity index (χ0n) is 19.2. The maximum absolute atomic E-state index is 12.2. The first-order valence-electron chi connectivity index (χ1n) is 10.5. The molecule has 0 atom stereocenters. The largest absolute Gasteiger partial charge is 0.450 e. The second-order valence-electron chi connectivity index (χ2n) is 8.42. The van der Waals surface area contributed by atoms with Crippen molar-refractivity contribution >= 4 is 42.1 Å². The van der Waals surface area contributed by atoms with Crippen molar-refractivity contribution in [1.29, 1.82) is 0 Å². The lowest BCUT2D eigenvalue weighted by Crippen LogP contribution is -2.52. The lowest BCUT2D eigenvalue weighted by atomic mass is 9.93. The van der Waals surface area contributed by atoms with E-state index >= 15 is 0 Å². The summed E-state index contributed by atoms with van der Waals surface area (Å²) in [5.41, 5.74) is 5.02. The number of likely N-dealkylation sites (tertiary alicyclic amines) is 1. The molecule has 1 aliphatic rings. The summed E-state index contributed by atoms with van der Waals surface area (Å²) < 4.78 is 10.4. The van der Waals surface area contributed by atoms with E-state index in [0.29, 0.717) is 45.0 Å². The molecule has 0 bridgehead atoms. The fourth-order valence-corrected chi connectivity index (χ4v) is 3.12. The SMILES string of the molecule is CCOC(=O)N1CCC(NC(N)=NCC(CC)(CC)NC(=O)OC(C)(C)C)CC1.I. The number of hydrogen-bond acceptors (Lipinski definition) is 5. The third-order valence-corrected chi connectivity index (χ3v) is 5.04. The molecule has 2 amide bonds. The average molecular weight is 541 g/mol. The molecule has 0 aromatic heterocycles. The van der Waals surface area contributed by atoms with Gasteiger partial charge in [0.2, 0.25) is 0 Å². The summed E-state index contributed by atoms with van der Waals surface area (Å²) in [6.07, 6.45) is 2.25. The van der Waals surface area contributed by atoms with Gasteiger partial charge in [0.25, 0.3) is 0 Å². The number of carbonyl (C=O) groups excluding carboxylic acids is 2. The number of piperidine rings is 1. The molecule has 0 aliphatic carbocycles. The number of nitrogens with one attached hydrogen (secondary N) is 2. The smallest absolute Gasteiger partial charge is 0.409 e. The predicted octanol–water partition coefficient (Wildman–Crippen LogP) is 3.21. The van der Waals surface area contributed by atoms with Crippen LogP contribution in [0.3, 0.4) is 0 Å². The highest BCUT2D eigenvalue weighted by Crippen LogP contribution is 2.18. The Labute approximate surface area is 197 Å². The zero-order chi connectivity index (χ0) is 22.1. The Hall–Kier alpha value is -1.46. The van der Waals surface area contributed by atoms with E-state index in [-0.39, 0.29) is 36.1 Å². The summed E-state index contributed by atoms with van der Waals surface area (Å²) in [6, 6.07) is 0.154. The van der Waals surface area contributed by atoms with Crippen molar-refractivity contribution in [3.63, 3.8) is 0 Å². The topological polar surface area (TPSA) is 118 Å². The van der Waals surface area contributed by atoms with Gasteiger partial charge in [0.15, 0.2) is 5.96 Å². The number of nitrogens with two attached hydrogens (primary N) is 1. The average Bonchev–Trinajstić information content (AvgIpc) is 2.64. The Morgan fingerprint density at radius 3 is 2.17 bits per heavy atom. The molecule has 0 spiro atoms. The number of alkyl carbamates (subject to hydrolysis) is 1. The summed E-state index contributed by atoms with van der Waals surface area (Å²) in [4.78, 5) is 30.2. The van der Waals surface area contributed by atoms with Gasteiger partial charge in [-0.15, -0.1) is 24.0 Å². The Kier molecular flexibility index (Phi) is 12.4. The minimum atomic E-state index is -0.556. The first-order valence-corrected chi connectivity index (χ1v) is 10.5. The molecular formula is C20H40IN5O4. The predicted molar refractivity (Wildman–Crippen MR) is 129 cm³/mol. The number of carbonyl (C=O) groups is 2. The van der Waals surface area contributed by atoms with Crippen LogP contribution >= 0.6 is 24.0 Å². The summed E-state index contributed by atoms with van der Waals surface area (Å²) >= 11 is 0. The minimum Gasteiger partial charge on any atom is -0.450 e. The van der Waals surface area contributed by atoms with Crippen molar-refractivity contribution in [2.75, 3.05) is 26.2 Å².